The molecular weight excluding hydrogens is 511 g/mol. The highest BCUT2D eigenvalue weighted by atomic mass is 127. The Kier molecular flexibility index (Phi) is 9.57. The van der Waals surface area contributed by atoms with Crippen LogP contribution in [0.2, 0.25) is 0 Å². The Morgan fingerprint density at radius 1 is 1.00 bits per heavy atom. The molecule has 1 aliphatic rings. The fourth-order valence-electron chi connectivity index (χ4n) is 3.60. The molecule has 3 N–H and O–H groups in total. The zero-order valence-corrected chi connectivity index (χ0v) is 20.5. The van der Waals surface area contributed by atoms with E-state index < -0.39 is 10.0 Å². The zero-order valence-electron chi connectivity index (χ0n) is 17.3. The lowest BCUT2D eigenvalue weighted by Gasteiger charge is -2.43. The summed E-state index contributed by atoms with van der Waals surface area (Å²) in [7, 11) is -1.66. The van der Waals surface area contributed by atoms with Crippen LogP contribution >= 0.6 is 24.0 Å². The van der Waals surface area contributed by atoms with Gasteiger partial charge in [-0.15, -0.1) is 24.0 Å². The largest absolute Gasteiger partial charge is 0.356 e. The Morgan fingerprint density at radius 3 is 2.20 bits per heavy atom. The van der Waals surface area contributed by atoms with Gasteiger partial charge in [-0.05, 0) is 24.0 Å². The monoisotopic (exact) mass is 542 g/mol. The third-order valence-electron chi connectivity index (χ3n) is 5.52. The molecule has 3 rings (SSSR count). The second-order valence-corrected chi connectivity index (χ2v) is 9.40. The van der Waals surface area contributed by atoms with E-state index in [1.165, 1.54) is 12.0 Å². The van der Waals surface area contributed by atoms with Gasteiger partial charge in [0.15, 0.2) is 5.96 Å². The van der Waals surface area contributed by atoms with Crippen molar-refractivity contribution in [2.75, 3.05) is 25.9 Å². The molecule has 0 bridgehead atoms. The first-order valence-electron chi connectivity index (χ1n) is 10.0. The standard InChI is InChI=1S/C22H30N4O2S.HI/c1-23-21(25-18-22(13-8-14-22)20-11-6-3-7-12-20)24-15-16-29(27,28)26-17-19-9-4-2-5-10-19;/h2-7,9-12,26H,8,13-18H2,1H3,(H2,23,24,25);1H. The van der Waals surface area contributed by atoms with Crippen molar-refractivity contribution in [3.8, 4) is 0 Å². The lowest BCUT2D eigenvalue weighted by molar-refractivity contribution is 0.244. The quantitative estimate of drug-likeness (QED) is 0.259. The van der Waals surface area contributed by atoms with E-state index in [4.69, 9.17) is 0 Å². The summed E-state index contributed by atoms with van der Waals surface area (Å²) in [5.74, 6) is 0.620. The highest BCUT2D eigenvalue weighted by Gasteiger charge is 2.38. The van der Waals surface area contributed by atoms with Gasteiger partial charge in [-0.1, -0.05) is 67.1 Å². The molecule has 0 atom stereocenters. The zero-order chi connectivity index (χ0) is 20.6. The molecule has 1 saturated carbocycles. The van der Waals surface area contributed by atoms with Gasteiger partial charge < -0.3 is 10.6 Å². The topological polar surface area (TPSA) is 82.6 Å². The van der Waals surface area contributed by atoms with Gasteiger partial charge in [-0.2, -0.15) is 0 Å². The highest BCUT2D eigenvalue weighted by molar-refractivity contribution is 14.0. The van der Waals surface area contributed by atoms with Crippen LogP contribution in [0.3, 0.4) is 0 Å². The fourth-order valence-corrected chi connectivity index (χ4v) is 4.50. The number of hydrogen-bond donors (Lipinski definition) is 3. The number of sulfonamides is 1. The van der Waals surface area contributed by atoms with Crippen LogP contribution in [0, 0.1) is 0 Å². The van der Waals surface area contributed by atoms with E-state index in [0.29, 0.717) is 19.0 Å². The summed E-state index contributed by atoms with van der Waals surface area (Å²) in [6.45, 7) is 1.38. The van der Waals surface area contributed by atoms with Crippen LogP contribution in [0.4, 0.5) is 0 Å². The molecule has 1 aliphatic carbocycles. The van der Waals surface area contributed by atoms with Crippen molar-refractivity contribution < 1.29 is 8.42 Å². The van der Waals surface area contributed by atoms with Crippen LogP contribution in [0.15, 0.2) is 65.7 Å². The normalized spacial score (nSPS) is 15.6. The average molecular weight is 542 g/mol. The first-order valence-corrected chi connectivity index (χ1v) is 11.7. The minimum atomic E-state index is -3.36. The number of guanidine groups is 1. The van der Waals surface area contributed by atoms with E-state index in [0.717, 1.165) is 24.9 Å². The minimum Gasteiger partial charge on any atom is -0.356 e. The molecule has 0 heterocycles. The van der Waals surface area contributed by atoms with E-state index in [1.54, 1.807) is 7.05 Å². The maximum Gasteiger partial charge on any atom is 0.213 e. The summed E-state index contributed by atoms with van der Waals surface area (Å²) in [5, 5.41) is 6.49. The van der Waals surface area contributed by atoms with E-state index in [-0.39, 0.29) is 35.1 Å². The van der Waals surface area contributed by atoms with E-state index in [9.17, 15) is 8.42 Å². The highest BCUT2D eigenvalue weighted by Crippen LogP contribution is 2.43. The van der Waals surface area contributed by atoms with Gasteiger partial charge in [0.05, 0.1) is 5.75 Å². The van der Waals surface area contributed by atoms with E-state index >= 15 is 0 Å². The lowest BCUT2D eigenvalue weighted by Crippen LogP contribution is -2.49. The van der Waals surface area contributed by atoms with Gasteiger partial charge in [0, 0.05) is 32.1 Å². The van der Waals surface area contributed by atoms with Gasteiger partial charge in [0.1, 0.15) is 0 Å². The number of nitrogens with one attached hydrogen (secondary N) is 3. The van der Waals surface area contributed by atoms with Crippen molar-refractivity contribution in [1.82, 2.24) is 15.4 Å². The molecule has 0 saturated heterocycles. The minimum absolute atomic E-state index is 0. The number of aliphatic imine (C=N–C) groups is 1. The SMILES string of the molecule is CN=C(NCCS(=O)(=O)NCc1ccccc1)NCC1(c2ccccc2)CCC1.I. The Hall–Kier alpha value is -1.65. The predicted molar refractivity (Wildman–Crippen MR) is 134 cm³/mol. The van der Waals surface area contributed by atoms with Crippen molar-refractivity contribution >= 4 is 40.0 Å². The van der Waals surface area contributed by atoms with Crippen molar-refractivity contribution in [3.05, 3.63) is 71.8 Å². The molecule has 30 heavy (non-hydrogen) atoms. The van der Waals surface area contributed by atoms with E-state index in [1.807, 2.05) is 36.4 Å². The van der Waals surface area contributed by atoms with Gasteiger partial charge in [-0.25, -0.2) is 13.1 Å². The summed E-state index contributed by atoms with van der Waals surface area (Å²) in [6, 6.07) is 20.1. The molecule has 0 radical (unpaired) electrons. The molecule has 0 spiro atoms. The number of rotatable bonds is 9. The maximum absolute atomic E-state index is 12.2. The molecule has 0 aliphatic heterocycles. The van der Waals surface area contributed by atoms with Gasteiger partial charge >= 0.3 is 0 Å². The summed E-state index contributed by atoms with van der Waals surface area (Å²) in [4.78, 5) is 4.24. The van der Waals surface area contributed by atoms with Gasteiger partial charge in [-0.3, -0.25) is 4.99 Å². The third-order valence-corrected chi connectivity index (χ3v) is 6.84. The molecule has 0 unspecified atom stereocenters. The third kappa shape index (κ3) is 6.95. The first-order chi connectivity index (χ1) is 14.0. The summed E-state index contributed by atoms with van der Waals surface area (Å²) < 4.78 is 27.1. The molecular formula is C22H31IN4O2S. The molecule has 8 heteroatoms. The first kappa shape index (κ1) is 24.6. The lowest BCUT2D eigenvalue weighted by atomic mass is 9.64. The summed E-state index contributed by atoms with van der Waals surface area (Å²) in [6.07, 6.45) is 3.53. The Labute approximate surface area is 197 Å². The Bertz CT molecular complexity index is 901. The number of benzene rings is 2. The summed E-state index contributed by atoms with van der Waals surface area (Å²) >= 11 is 0. The number of hydrogen-bond acceptors (Lipinski definition) is 3. The van der Waals surface area contributed by atoms with Crippen LogP contribution in [-0.4, -0.2) is 40.3 Å². The van der Waals surface area contributed by atoms with Crippen molar-refractivity contribution in [2.45, 2.75) is 31.2 Å². The Balaban J connectivity index is 0.00000320. The van der Waals surface area contributed by atoms with Gasteiger partial charge in [0.2, 0.25) is 10.0 Å². The average Bonchev–Trinajstić information content (AvgIpc) is 2.72. The van der Waals surface area contributed by atoms with Crippen molar-refractivity contribution in [2.24, 2.45) is 4.99 Å². The molecule has 6 nitrogen and oxygen atoms in total. The van der Waals surface area contributed by atoms with Crippen LogP contribution < -0.4 is 15.4 Å². The van der Waals surface area contributed by atoms with Crippen LogP contribution in [0.25, 0.3) is 0 Å². The number of halogens is 1. The van der Waals surface area contributed by atoms with Crippen molar-refractivity contribution in [3.63, 3.8) is 0 Å². The molecule has 2 aromatic rings. The smallest absolute Gasteiger partial charge is 0.213 e. The second-order valence-electron chi connectivity index (χ2n) is 7.48. The van der Waals surface area contributed by atoms with Crippen LogP contribution in [-0.2, 0) is 22.0 Å². The number of nitrogens with zero attached hydrogens (tertiary/aromatic N) is 1. The fraction of sp³-hybridized carbons (Fsp3) is 0.409. The Morgan fingerprint density at radius 2 is 1.63 bits per heavy atom. The molecule has 2 aromatic carbocycles. The molecule has 1 fully saturated rings. The molecule has 0 aromatic heterocycles. The van der Waals surface area contributed by atoms with Crippen LogP contribution in [0.5, 0.6) is 0 Å². The second kappa shape index (κ2) is 11.7. The molecule has 164 valence electrons. The van der Waals surface area contributed by atoms with Crippen molar-refractivity contribution in [1.29, 1.82) is 0 Å². The van der Waals surface area contributed by atoms with Crippen LogP contribution in [0.1, 0.15) is 30.4 Å². The summed E-state index contributed by atoms with van der Waals surface area (Å²) in [5.41, 5.74) is 2.43. The molecule has 0 amide bonds. The van der Waals surface area contributed by atoms with E-state index in [2.05, 4.69) is 44.6 Å². The maximum atomic E-state index is 12.2. The van der Waals surface area contributed by atoms with Gasteiger partial charge in [0.25, 0.3) is 0 Å². The predicted octanol–water partition coefficient (Wildman–Crippen LogP) is 3.01.